The third-order valence-corrected chi connectivity index (χ3v) is 5.30. The Kier molecular flexibility index (Phi) is 7.04. The van der Waals surface area contributed by atoms with Crippen molar-refractivity contribution in [3.05, 3.63) is 57.0 Å². The van der Waals surface area contributed by atoms with Crippen molar-refractivity contribution in [2.75, 3.05) is 19.6 Å². The van der Waals surface area contributed by atoms with Crippen LogP contribution in [0.5, 0.6) is 0 Å². The summed E-state index contributed by atoms with van der Waals surface area (Å²) < 4.78 is 14.2. The molecule has 1 saturated heterocycles. The first kappa shape index (κ1) is 19.2. The maximum atomic E-state index is 13.5. The minimum absolute atomic E-state index is 0. The second-order valence-electron chi connectivity index (χ2n) is 5.57. The maximum Gasteiger partial charge on any atom is 0.223 e. The van der Waals surface area contributed by atoms with Crippen molar-refractivity contribution in [1.29, 1.82) is 0 Å². The number of hydrogen-bond acceptors (Lipinski definition) is 3. The summed E-state index contributed by atoms with van der Waals surface area (Å²) in [6.45, 7) is 2.06. The van der Waals surface area contributed by atoms with Crippen LogP contribution in [-0.2, 0) is 11.2 Å². The van der Waals surface area contributed by atoms with Crippen LogP contribution in [0.25, 0.3) is 0 Å². The molecule has 3 rings (SSSR count). The molecule has 2 heterocycles. The van der Waals surface area contributed by atoms with Crippen LogP contribution in [-0.4, -0.2) is 30.4 Å². The number of hydrogen-bond donors (Lipinski definition) is 1. The Labute approximate surface area is 156 Å². The quantitative estimate of drug-likeness (QED) is 0.855. The minimum atomic E-state index is -0.270. The van der Waals surface area contributed by atoms with E-state index in [1.54, 1.807) is 6.07 Å². The highest BCUT2D eigenvalue weighted by molar-refractivity contribution is 7.16. The third-order valence-electron chi connectivity index (χ3n) is 4.01. The molecule has 1 atom stereocenters. The first-order valence-corrected chi connectivity index (χ1v) is 8.83. The van der Waals surface area contributed by atoms with E-state index < -0.39 is 0 Å². The Balaban J connectivity index is 0.00000208. The first-order valence-electron chi connectivity index (χ1n) is 7.63. The van der Waals surface area contributed by atoms with E-state index in [9.17, 15) is 9.18 Å². The summed E-state index contributed by atoms with van der Waals surface area (Å²) in [5, 5.41) is 3.28. The molecular formula is C17H19Cl2FN2OS. The SMILES string of the molecule is Cl.O=C(CCc1ccc(Cl)s1)N1CCNCC1c1cccc(F)c1. The summed E-state index contributed by atoms with van der Waals surface area (Å²) >= 11 is 7.43. The number of thiophene rings is 1. The van der Waals surface area contributed by atoms with E-state index in [4.69, 9.17) is 11.6 Å². The molecule has 0 radical (unpaired) electrons. The summed E-state index contributed by atoms with van der Waals surface area (Å²) in [4.78, 5) is 15.6. The second-order valence-corrected chi connectivity index (χ2v) is 7.37. The Bertz CT molecular complexity index is 695. The Morgan fingerprint density at radius 3 is 2.92 bits per heavy atom. The van der Waals surface area contributed by atoms with Crippen molar-refractivity contribution in [2.24, 2.45) is 0 Å². The fourth-order valence-corrected chi connectivity index (χ4v) is 3.96. The van der Waals surface area contributed by atoms with E-state index in [1.165, 1.54) is 23.5 Å². The van der Waals surface area contributed by atoms with E-state index in [0.717, 1.165) is 21.3 Å². The molecule has 0 aliphatic carbocycles. The minimum Gasteiger partial charge on any atom is -0.333 e. The van der Waals surface area contributed by atoms with Gasteiger partial charge >= 0.3 is 0 Å². The maximum absolute atomic E-state index is 13.5. The lowest BCUT2D eigenvalue weighted by Crippen LogP contribution is -2.48. The van der Waals surface area contributed by atoms with Crippen LogP contribution in [0, 0.1) is 5.82 Å². The fourth-order valence-electron chi connectivity index (χ4n) is 2.87. The molecule has 1 aliphatic heterocycles. The Morgan fingerprint density at radius 1 is 1.38 bits per heavy atom. The van der Waals surface area contributed by atoms with E-state index in [1.807, 2.05) is 23.1 Å². The van der Waals surface area contributed by atoms with Crippen molar-refractivity contribution in [3.8, 4) is 0 Å². The van der Waals surface area contributed by atoms with Crippen molar-refractivity contribution >= 4 is 41.3 Å². The second kappa shape index (κ2) is 8.81. The summed E-state index contributed by atoms with van der Waals surface area (Å²) in [7, 11) is 0. The van der Waals surface area contributed by atoms with Gasteiger partial charge in [-0.05, 0) is 36.2 Å². The predicted molar refractivity (Wildman–Crippen MR) is 98.6 cm³/mol. The summed E-state index contributed by atoms with van der Waals surface area (Å²) in [5.74, 6) is -0.168. The number of aryl methyl sites for hydroxylation is 1. The summed E-state index contributed by atoms with van der Waals surface area (Å²) in [6, 6.07) is 10.2. The lowest BCUT2D eigenvalue weighted by Gasteiger charge is -2.36. The molecule has 130 valence electrons. The van der Waals surface area contributed by atoms with Gasteiger partial charge in [-0.15, -0.1) is 23.7 Å². The number of piperazine rings is 1. The molecular weight excluding hydrogens is 370 g/mol. The van der Waals surface area contributed by atoms with Gasteiger partial charge in [0.2, 0.25) is 5.91 Å². The number of carbonyl (C=O) groups excluding carboxylic acids is 1. The summed E-state index contributed by atoms with van der Waals surface area (Å²) in [6.07, 6.45) is 1.14. The molecule has 1 fully saturated rings. The molecule has 0 spiro atoms. The van der Waals surface area contributed by atoms with Crippen LogP contribution < -0.4 is 5.32 Å². The molecule has 3 nitrogen and oxygen atoms in total. The first-order chi connectivity index (χ1) is 11.1. The Hall–Kier alpha value is -1.14. The van der Waals surface area contributed by atoms with Crippen LogP contribution in [0.1, 0.15) is 22.9 Å². The molecule has 1 amide bonds. The van der Waals surface area contributed by atoms with Gasteiger partial charge in [0, 0.05) is 30.9 Å². The van der Waals surface area contributed by atoms with E-state index >= 15 is 0 Å². The molecule has 0 saturated carbocycles. The van der Waals surface area contributed by atoms with Crippen molar-refractivity contribution in [2.45, 2.75) is 18.9 Å². The van der Waals surface area contributed by atoms with Gasteiger partial charge in [0.25, 0.3) is 0 Å². The largest absolute Gasteiger partial charge is 0.333 e. The molecule has 1 unspecified atom stereocenters. The highest BCUT2D eigenvalue weighted by Gasteiger charge is 2.27. The van der Waals surface area contributed by atoms with E-state index in [-0.39, 0.29) is 30.2 Å². The standard InChI is InChI=1S/C17H18ClFN2OS.ClH/c18-16-6-4-14(23-16)5-7-17(22)21-9-8-20-11-15(21)12-2-1-3-13(19)10-12;/h1-4,6,10,15,20H,5,7-9,11H2;1H. The topological polar surface area (TPSA) is 32.3 Å². The van der Waals surface area contributed by atoms with Crippen LogP contribution in [0.2, 0.25) is 4.34 Å². The fraction of sp³-hybridized carbons (Fsp3) is 0.353. The normalized spacial score (nSPS) is 17.4. The molecule has 1 aromatic heterocycles. The number of amides is 1. The highest BCUT2D eigenvalue weighted by Crippen LogP contribution is 2.26. The van der Waals surface area contributed by atoms with E-state index in [2.05, 4.69) is 5.32 Å². The third kappa shape index (κ3) is 4.70. The molecule has 2 aromatic rings. The summed E-state index contributed by atoms with van der Waals surface area (Å²) in [5.41, 5.74) is 0.838. The van der Waals surface area contributed by atoms with Crippen molar-refractivity contribution in [1.82, 2.24) is 10.2 Å². The van der Waals surface area contributed by atoms with Gasteiger partial charge in [-0.3, -0.25) is 4.79 Å². The zero-order valence-corrected chi connectivity index (χ0v) is 15.4. The van der Waals surface area contributed by atoms with Gasteiger partial charge in [0.15, 0.2) is 0 Å². The average molecular weight is 389 g/mol. The van der Waals surface area contributed by atoms with Gasteiger partial charge in [-0.1, -0.05) is 23.7 Å². The molecule has 1 N–H and O–H groups in total. The number of rotatable bonds is 4. The smallest absolute Gasteiger partial charge is 0.223 e. The zero-order valence-electron chi connectivity index (χ0n) is 13.0. The molecule has 0 bridgehead atoms. The van der Waals surface area contributed by atoms with Gasteiger partial charge < -0.3 is 10.2 Å². The number of nitrogens with zero attached hydrogens (tertiary/aromatic N) is 1. The van der Waals surface area contributed by atoms with Gasteiger partial charge in [0.05, 0.1) is 10.4 Å². The van der Waals surface area contributed by atoms with Crippen LogP contribution in [0.4, 0.5) is 4.39 Å². The van der Waals surface area contributed by atoms with Crippen LogP contribution >= 0.6 is 35.3 Å². The van der Waals surface area contributed by atoms with Gasteiger partial charge in [0.1, 0.15) is 5.82 Å². The predicted octanol–water partition coefficient (Wildman–Crippen LogP) is 4.07. The Morgan fingerprint density at radius 2 is 2.21 bits per heavy atom. The van der Waals surface area contributed by atoms with Crippen LogP contribution in [0.15, 0.2) is 36.4 Å². The monoisotopic (exact) mass is 388 g/mol. The number of nitrogens with one attached hydrogen (secondary N) is 1. The zero-order chi connectivity index (χ0) is 16.2. The van der Waals surface area contributed by atoms with Crippen molar-refractivity contribution < 1.29 is 9.18 Å². The van der Waals surface area contributed by atoms with E-state index in [0.29, 0.717) is 25.9 Å². The van der Waals surface area contributed by atoms with Crippen LogP contribution in [0.3, 0.4) is 0 Å². The molecule has 24 heavy (non-hydrogen) atoms. The highest BCUT2D eigenvalue weighted by atomic mass is 35.5. The molecule has 1 aromatic carbocycles. The lowest BCUT2D eigenvalue weighted by atomic mass is 10.0. The molecule has 7 heteroatoms. The molecule has 1 aliphatic rings. The van der Waals surface area contributed by atoms with Gasteiger partial charge in [-0.2, -0.15) is 0 Å². The average Bonchev–Trinajstić information content (AvgIpc) is 2.98. The lowest BCUT2D eigenvalue weighted by molar-refractivity contribution is -0.134. The van der Waals surface area contributed by atoms with Gasteiger partial charge in [-0.25, -0.2) is 4.39 Å². The number of halogens is 3. The number of benzene rings is 1. The number of carbonyl (C=O) groups is 1. The van der Waals surface area contributed by atoms with Crippen molar-refractivity contribution in [3.63, 3.8) is 0 Å².